The van der Waals surface area contributed by atoms with Crippen LogP contribution in [-0.4, -0.2) is 33.3 Å². The van der Waals surface area contributed by atoms with Crippen LogP contribution in [0.15, 0.2) is 48.9 Å². The molecule has 1 aliphatic carbocycles. The summed E-state index contributed by atoms with van der Waals surface area (Å²) >= 11 is 6.20. The molecular formula is C21H17ClF3N5O. The molecular weight excluding hydrogens is 431 g/mol. The molecule has 3 N–H and O–H groups in total. The number of hydrogen-bond donors (Lipinski definition) is 2. The average molecular weight is 448 g/mol. The summed E-state index contributed by atoms with van der Waals surface area (Å²) in [6.07, 6.45) is 3.46. The van der Waals surface area contributed by atoms with Crippen molar-refractivity contribution < 1.29 is 18.0 Å². The Morgan fingerprint density at radius 3 is 2.48 bits per heavy atom. The fourth-order valence-electron chi connectivity index (χ4n) is 3.80. The number of pyridine rings is 1. The van der Waals surface area contributed by atoms with Crippen molar-refractivity contribution in [1.82, 2.24) is 15.0 Å². The first-order valence-electron chi connectivity index (χ1n) is 9.34. The third-order valence-corrected chi connectivity index (χ3v) is 5.56. The average Bonchev–Trinajstić information content (AvgIpc) is 2.71. The highest BCUT2D eigenvalue weighted by Gasteiger charge is 2.58. The first-order valence-corrected chi connectivity index (χ1v) is 9.71. The highest BCUT2D eigenvalue weighted by molar-refractivity contribution is 6.31. The Kier molecular flexibility index (Phi) is 5.30. The summed E-state index contributed by atoms with van der Waals surface area (Å²) in [4.78, 5) is 23.8. The molecule has 2 aromatic heterocycles. The molecule has 1 aliphatic rings. The van der Waals surface area contributed by atoms with Gasteiger partial charge in [-0.1, -0.05) is 11.6 Å². The lowest BCUT2D eigenvalue weighted by molar-refractivity contribution is -0.123. The summed E-state index contributed by atoms with van der Waals surface area (Å²) in [6, 6.07) is 6.99. The van der Waals surface area contributed by atoms with Gasteiger partial charge in [-0.05, 0) is 30.3 Å². The quantitative estimate of drug-likeness (QED) is 0.590. The topological polar surface area (TPSA) is 93.8 Å². The van der Waals surface area contributed by atoms with Gasteiger partial charge in [-0.15, -0.1) is 0 Å². The lowest BCUT2D eigenvalue weighted by atomic mass is 9.63. The van der Waals surface area contributed by atoms with Gasteiger partial charge in [0.1, 0.15) is 5.82 Å². The Bertz CT molecular complexity index is 1130. The number of nitrogens with one attached hydrogen (secondary N) is 1. The predicted molar refractivity (Wildman–Crippen MR) is 110 cm³/mol. The van der Waals surface area contributed by atoms with Crippen LogP contribution in [0, 0.1) is 5.82 Å². The maximum Gasteiger partial charge on any atom is 0.250 e. The molecule has 6 nitrogen and oxygen atoms in total. The molecule has 4 rings (SSSR count). The van der Waals surface area contributed by atoms with Gasteiger partial charge in [0.25, 0.3) is 0 Å². The smallest absolute Gasteiger partial charge is 0.250 e. The first kappa shape index (κ1) is 21.0. The van der Waals surface area contributed by atoms with E-state index in [1.54, 1.807) is 12.1 Å². The lowest BCUT2D eigenvalue weighted by Crippen LogP contribution is -2.54. The van der Waals surface area contributed by atoms with E-state index < -0.39 is 35.9 Å². The third kappa shape index (κ3) is 4.18. The monoisotopic (exact) mass is 447 g/mol. The maximum atomic E-state index is 14.2. The maximum absolute atomic E-state index is 14.2. The van der Waals surface area contributed by atoms with E-state index in [2.05, 4.69) is 20.3 Å². The summed E-state index contributed by atoms with van der Waals surface area (Å²) in [5.74, 6) is -3.86. The zero-order valence-corrected chi connectivity index (χ0v) is 16.8. The highest BCUT2D eigenvalue weighted by Crippen LogP contribution is 2.54. The van der Waals surface area contributed by atoms with Crippen molar-refractivity contribution in [2.45, 2.75) is 24.2 Å². The van der Waals surface area contributed by atoms with E-state index in [4.69, 9.17) is 17.3 Å². The Labute approximate surface area is 180 Å². The molecule has 0 bridgehead atoms. The Hall–Kier alpha value is -3.20. The molecule has 1 saturated carbocycles. The number of halogens is 4. The van der Waals surface area contributed by atoms with E-state index >= 15 is 0 Å². The Morgan fingerprint density at radius 1 is 1.16 bits per heavy atom. The molecule has 0 spiro atoms. The van der Waals surface area contributed by atoms with Crippen molar-refractivity contribution >= 4 is 23.5 Å². The van der Waals surface area contributed by atoms with Crippen LogP contribution in [-0.2, 0) is 5.41 Å². The van der Waals surface area contributed by atoms with Crippen molar-refractivity contribution in [1.29, 1.82) is 0 Å². The molecule has 1 aromatic carbocycles. The number of nitrogens with zero attached hydrogens (tertiary/aromatic N) is 3. The predicted octanol–water partition coefficient (Wildman–Crippen LogP) is 4.21. The standard InChI is InChI=1S/C21H17ClF3N5O/c22-15-2-1-5-27-17(15)20(9-21(24,25)10-20)11-30-19-28-7-13(8-29-19)14-6-12(18(26)31)3-4-16(14)23/h1-8H,9-11H2,(H2,26,31)(H,28,29,30). The minimum atomic E-state index is -2.80. The molecule has 0 aliphatic heterocycles. The number of alkyl halides is 2. The Morgan fingerprint density at radius 2 is 1.87 bits per heavy atom. The van der Waals surface area contributed by atoms with Gasteiger partial charge < -0.3 is 11.1 Å². The second kappa shape index (κ2) is 7.81. The summed E-state index contributed by atoms with van der Waals surface area (Å²) in [5, 5.41) is 3.27. The molecule has 31 heavy (non-hydrogen) atoms. The van der Waals surface area contributed by atoms with E-state index in [-0.39, 0.29) is 23.6 Å². The molecule has 0 unspecified atom stereocenters. The number of nitrogens with two attached hydrogens (primary N) is 1. The van der Waals surface area contributed by atoms with Crippen molar-refractivity contribution in [2.24, 2.45) is 5.73 Å². The minimum Gasteiger partial charge on any atom is -0.366 e. The van der Waals surface area contributed by atoms with Crippen LogP contribution >= 0.6 is 11.6 Å². The zero-order chi connectivity index (χ0) is 22.2. The Balaban J connectivity index is 1.54. The zero-order valence-electron chi connectivity index (χ0n) is 16.1. The molecule has 0 atom stereocenters. The van der Waals surface area contributed by atoms with Gasteiger partial charge in [0.15, 0.2) is 0 Å². The van der Waals surface area contributed by atoms with E-state index in [1.807, 2.05) is 0 Å². The van der Waals surface area contributed by atoms with Crippen molar-refractivity contribution in [3.05, 3.63) is 71.0 Å². The lowest BCUT2D eigenvalue weighted by Gasteiger charge is -2.47. The number of amides is 1. The number of hydrogen-bond acceptors (Lipinski definition) is 5. The van der Waals surface area contributed by atoms with E-state index in [1.165, 1.54) is 30.7 Å². The first-order chi connectivity index (χ1) is 14.7. The van der Waals surface area contributed by atoms with Gasteiger partial charge in [0.2, 0.25) is 17.8 Å². The molecule has 0 radical (unpaired) electrons. The molecule has 2 heterocycles. The second-order valence-corrected chi connectivity index (χ2v) is 7.94. The molecule has 3 aromatic rings. The van der Waals surface area contributed by atoms with Gasteiger partial charge in [-0.25, -0.2) is 23.1 Å². The van der Waals surface area contributed by atoms with E-state index in [0.717, 1.165) is 6.07 Å². The van der Waals surface area contributed by atoms with Gasteiger partial charge in [0.05, 0.1) is 10.7 Å². The largest absolute Gasteiger partial charge is 0.366 e. The fraction of sp³-hybridized carbons (Fsp3) is 0.238. The van der Waals surface area contributed by atoms with Gasteiger partial charge >= 0.3 is 0 Å². The molecule has 1 fully saturated rings. The number of rotatable bonds is 6. The number of anilines is 1. The van der Waals surface area contributed by atoms with Crippen LogP contribution in [0.3, 0.4) is 0 Å². The normalized spacial score (nSPS) is 16.4. The van der Waals surface area contributed by atoms with Crippen LogP contribution in [0.4, 0.5) is 19.1 Å². The summed E-state index contributed by atoms with van der Waals surface area (Å²) in [5.41, 5.74) is 5.30. The van der Waals surface area contributed by atoms with Gasteiger partial charge in [-0.2, -0.15) is 0 Å². The molecule has 160 valence electrons. The second-order valence-electron chi connectivity index (χ2n) is 7.53. The van der Waals surface area contributed by atoms with Crippen molar-refractivity contribution in [3.8, 4) is 11.1 Å². The molecule has 10 heteroatoms. The van der Waals surface area contributed by atoms with Gasteiger partial charge in [0, 0.05) is 60.1 Å². The number of carbonyl (C=O) groups excluding carboxylic acids is 1. The van der Waals surface area contributed by atoms with E-state index in [9.17, 15) is 18.0 Å². The van der Waals surface area contributed by atoms with E-state index in [0.29, 0.717) is 16.3 Å². The minimum absolute atomic E-state index is 0.101. The van der Waals surface area contributed by atoms with Crippen LogP contribution in [0.5, 0.6) is 0 Å². The summed E-state index contributed by atoms with van der Waals surface area (Å²) in [7, 11) is 0. The number of aromatic nitrogens is 3. The molecule has 1 amide bonds. The SMILES string of the molecule is NC(=O)c1ccc(F)c(-c2cnc(NCC3(c4ncccc4Cl)CC(F)(F)C3)nc2)c1. The van der Waals surface area contributed by atoms with Crippen LogP contribution in [0.25, 0.3) is 11.1 Å². The van der Waals surface area contributed by atoms with Gasteiger partial charge in [-0.3, -0.25) is 9.78 Å². The fourth-order valence-corrected chi connectivity index (χ4v) is 4.12. The highest BCUT2D eigenvalue weighted by atomic mass is 35.5. The summed E-state index contributed by atoms with van der Waals surface area (Å²) in [6.45, 7) is 0.101. The van der Waals surface area contributed by atoms with Crippen molar-refractivity contribution in [2.75, 3.05) is 11.9 Å². The number of primary amides is 1. The third-order valence-electron chi connectivity index (χ3n) is 5.25. The van der Waals surface area contributed by atoms with Crippen LogP contribution < -0.4 is 11.1 Å². The number of benzene rings is 1. The van der Waals surface area contributed by atoms with Crippen molar-refractivity contribution in [3.63, 3.8) is 0 Å². The van der Waals surface area contributed by atoms with Crippen LogP contribution in [0.1, 0.15) is 28.9 Å². The number of carbonyl (C=O) groups is 1. The summed E-state index contributed by atoms with van der Waals surface area (Å²) < 4.78 is 41.7. The molecule has 0 saturated heterocycles. The van der Waals surface area contributed by atoms with Crippen LogP contribution in [0.2, 0.25) is 5.02 Å².